The molecule has 0 aromatic heterocycles. The zero-order valence-electron chi connectivity index (χ0n) is 10.9. The highest BCUT2D eigenvalue weighted by Gasteiger charge is 2.39. The number of benzene rings is 1. The predicted molar refractivity (Wildman–Crippen MR) is 64.5 cm³/mol. The summed E-state index contributed by atoms with van der Waals surface area (Å²) in [4.78, 5) is 11.1. The van der Waals surface area contributed by atoms with Gasteiger partial charge in [0.2, 0.25) is 0 Å². The molecule has 0 saturated carbocycles. The van der Waals surface area contributed by atoms with Gasteiger partial charge in [0.15, 0.2) is 5.67 Å². The molecule has 0 bridgehead atoms. The Morgan fingerprint density at radius 1 is 1.72 bits per heavy atom. The van der Waals surface area contributed by atoms with Gasteiger partial charge in [0.25, 0.3) is 5.91 Å². The Kier molecular flexibility index (Phi) is 3.82. The molecule has 18 heavy (non-hydrogen) atoms. The first-order valence-corrected chi connectivity index (χ1v) is 5.51. The summed E-state index contributed by atoms with van der Waals surface area (Å²) in [5.74, 6) is -4.34. The molecule has 100 valence electrons. The fourth-order valence-corrected chi connectivity index (χ4v) is 1.80. The molecular formula is C12H14ClF2NO2. The maximum Gasteiger partial charge on any atom is 0.255 e. The maximum atomic E-state index is 14.3. The van der Waals surface area contributed by atoms with Crippen molar-refractivity contribution >= 4 is 17.5 Å². The second-order valence-electron chi connectivity index (χ2n) is 4.06. The van der Waals surface area contributed by atoms with Crippen LogP contribution in [0.15, 0.2) is 12.1 Å². The predicted octanol–water partition coefficient (Wildman–Crippen LogP) is 2.29. The zero-order chi connectivity index (χ0) is 15.0. The Balaban J connectivity index is 3.56. The molecule has 3 nitrogen and oxygen atoms in total. The molecule has 1 aromatic rings. The summed E-state index contributed by atoms with van der Waals surface area (Å²) in [6.45, 7) is 1.29. The minimum atomic E-state index is -2.76. The second kappa shape index (κ2) is 5.20. The van der Waals surface area contributed by atoms with Gasteiger partial charge in [-0.3, -0.25) is 4.79 Å². The molecule has 1 aromatic carbocycles. The summed E-state index contributed by atoms with van der Waals surface area (Å²) >= 11 is 5.75. The molecule has 0 aliphatic heterocycles. The van der Waals surface area contributed by atoms with Gasteiger partial charge in [0, 0.05) is 12.3 Å². The fraction of sp³-hybridized carbons (Fsp3) is 0.417. The Bertz CT molecular complexity index is 521. The Labute approximate surface area is 110 Å². The normalized spacial score (nSPS) is 18.7. The van der Waals surface area contributed by atoms with Gasteiger partial charge < -0.3 is 10.8 Å². The van der Waals surface area contributed by atoms with E-state index in [0.717, 1.165) is 26.0 Å². The number of amides is 1. The number of carbonyl (C=O) groups is 1. The Morgan fingerprint density at radius 2 is 2.28 bits per heavy atom. The van der Waals surface area contributed by atoms with E-state index in [4.69, 9.17) is 18.7 Å². The SMILES string of the molecule is [2H][C@](C)(c1cc(F)cc(Cl)c1CO)C(C)(F)C(N)=O. The van der Waals surface area contributed by atoms with Crippen molar-refractivity contribution in [3.05, 3.63) is 34.1 Å². The van der Waals surface area contributed by atoms with Crippen LogP contribution in [0.25, 0.3) is 0 Å². The lowest BCUT2D eigenvalue weighted by Gasteiger charge is -2.26. The quantitative estimate of drug-likeness (QED) is 0.887. The van der Waals surface area contributed by atoms with Crippen molar-refractivity contribution in [3.8, 4) is 0 Å². The van der Waals surface area contributed by atoms with Crippen molar-refractivity contribution in [2.45, 2.75) is 32.0 Å². The van der Waals surface area contributed by atoms with Gasteiger partial charge in [-0.05, 0) is 30.2 Å². The minimum Gasteiger partial charge on any atom is -0.392 e. The number of aliphatic hydroxyl groups is 1. The molecule has 6 heteroatoms. The third kappa shape index (κ3) is 2.62. The standard InChI is InChI=1S/C12H14ClF2NO2/c1-6(12(2,15)11(16)18)8-3-7(14)4-10(13)9(8)5-17/h3-4,6,17H,5H2,1-2H3,(H2,16,18)/t6-,12?/m0/s1/i6D. The first-order valence-electron chi connectivity index (χ1n) is 5.63. The Hall–Kier alpha value is -1.20. The van der Waals surface area contributed by atoms with Crippen LogP contribution in [-0.2, 0) is 11.4 Å². The second-order valence-corrected chi connectivity index (χ2v) is 4.47. The molecule has 0 radical (unpaired) electrons. The van der Waals surface area contributed by atoms with Crippen molar-refractivity contribution in [3.63, 3.8) is 0 Å². The van der Waals surface area contributed by atoms with Crippen LogP contribution in [0.3, 0.4) is 0 Å². The minimum absolute atomic E-state index is 0.00862. The molecule has 0 fully saturated rings. The van der Waals surface area contributed by atoms with Gasteiger partial charge in [0.1, 0.15) is 5.82 Å². The van der Waals surface area contributed by atoms with E-state index >= 15 is 0 Å². The molecule has 1 amide bonds. The molecule has 0 heterocycles. The van der Waals surface area contributed by atoms with Crippen LogP contribution in [0.4, 0.5) is 8.78 Å². The van der Waals surface area contributed by atoms with Crippen LogP contribution < -0.4 is 5.73 Å². The average Bonchev–Trinajstić information content (AvgIpc) is 2.27. The van der Waals surface area contributed by atoms with Gasteiger partial charge in [-0.15, -0.1) is 0 Å². The van der Waals surface area contributed by atoms with E-state index in [1.807, 2.05) is 0 Å². The van der Waals surface area contributed by atoms with Crippen molar-refractivity contribution < 1.29 is 20.1 Å². The summed E-state index contributed by atoms with van der Waals surface area (Å²) in [5.41, 5.74) is 1.95. The maximum absolute atomic E-state index is 14.3. The number of alkyl halides is 1. The first-order chi connectivity index (χ1) is 8.55. The van der Waals surface area contributed by atoms with Gasteiger partial charge in [-0.1, -0.05) is 18.5 Å². The zero-order valence-corrected chi connectivity index (χ0v) is 10.7. The molecule has 0 aliphatic rings. The third-order valence-corrected chi connectivity index (χ3v) is 3.23. The van der Waals surface area contributed by atoms with Gasteiger partial charge >= 0.3 is 0 Å². The molecule has 0 aliphatic carbocycles. The van der Waals surface area contributed by atoms with Crippen LogP contribution in [0, 0.1) is 5.82 Å². The van der Waals surface area contributed by atoms with Crippen LogP contribution >= 0.6 is 11.6 Å². The van der Waals surface area contributed by atoms with Gasteiger partial charge in [0.05, 0.1) is 6.61 Å². The number of primary amides is 1. The van der Waals surface area contributed by atoms with Crippen LogP contribution in [0.2, 0.25) is 5.02 Å². The van der Waals surface area contributed by atoms with E-state index in [2.05, 4.69) is 0 Å². The molecule has 0 spiro atoms. The van der Waals surface area contributed by atoms with Crippen molar-refractivity contribution in [2.75, 3.05) is 0 Å². The van der Waals surface area contributed by atoms with E-state index in [1.54, 1.807) is 0 Å². The van der Waals surface area contributed by atoms with Gasteiger partial charge in [-0.2, -0.15) is 0 Å². The molecular weight excluding hydrogens is 264 g/mol. The van der Waals surface area contributed by atoms with E-state index in [9.17, 15) is 18.7 Å². The van der Waals surface area contributed by atoms with Crippen molar-refractivity contribution in [1.82, 2.24) is 0 Å². The highest BCUT2D eigenvalue weighted by molar-refractivity contribution is 6.31. The van der Waals surface area contributed by atoms with Crippen molar-refractivity contribution in [2.24, 2.45) is 5.73 Å². The first kappa shape index (κ1) is 13.2. The number of nitrogens with two attached hydrogens (primary N) is 1. The number of hydrogen-bond acceptors (Lipinski definition) is 2. The highest BCUT2D eigenvalue weighted by Crippen LogP contribution is 2.36. The largest absolute Gasteiger partial charge is 0.392 e. The van der Waals surface area contributed by atoms with E-state index < -0.39 is 29.9 Å². The lowest BCUT2D eigenvalue weighted by atomic mass is 9.83. The summed E-state index contributed by atoms with van der Waals surface area (Å²) in [5, 5.41) is 9.09. The highest BCUT2D eigenvalue weighted by atomic mass is 35.5. The number of aliphatic hydroxyl groups excluding tert-OH is 1. The summed E-state index contributed by atoms with van der Waals surface area (Å²) in [6.07, 6.45) is 0. The van der Waals surface area contributed by atoms with E-state index in [-0.39, 0.29) is 16.1 Å². The van der Waals surface area contributed by atoms with Crippen LogP contribution in [0.1, 0.15) is 32.2 Å². The molecule has 2 atom stereocenters. The van der Waals surface area contributed by atoms with Crippen molar-refractivity contribution in [1.29, 1.82) is 0 Å². The third-order valence-electron chi connectivity index (χ3n) is 2.89. The number of rotatable bonds is 4. The number of carbonyl (C=O) groups excluding carboxylic acids is 1. The van der Waals surface area contributed by atoms with E-state index in [1.165, 1.54) is 0 Å². The average molecular weight is 279 g/mol. The summed E-state index contributed by atoms with van der Waals surface area (Å²) < 4.78 is 35.7. The topological polar surface area (TPSA) is 63.3 Å². The lowest BCUT2D eigenvalue weighted by Crippen LogP contribution is -2.41. The molecule has 1 unspecified atom stereocenters. The summed E-state index contributed by atoms with van der Waals surface area (Å²) in [7, 11) is 0. The Morgan fingerprint density at radius 3 is 2.72 bits per heavy atom. The lowest BCUT2D eigenvalue weighted by molar-refractivity contribution is -0.129. The number of halogens is 3. The summed E-state index contributed by atoms with van der Waals surface area (Å²) in [6, 6.07) is 1.80. The molecule has 3 N–H and O–H groups in total. The fourth-order valence-electron chi connectivity index (χ4n) is 1.54. The molecule has 0 saturated heterocycles. The number of hydrogen-bond donors (Lipinski definition) is 2. The smallest absolute Gasteiger partial charge is 0.255 e. The van der Waals surface area contributed by atoms with Gasteiger partial charge in [-0.25, -0.2) is 8.78 Å². The van der Waals surface area contributed by atoms with E-state index in [0.29, 0.717) is 0 Å². The van der Waals surface area contributed by atoms with Crippen LogP contribution in [-0.4, -0.2) is 16.7 Å². The monoisotopic (exact) mass is 278 g/mol. The van der Waals surface area contributed by atoms with Crippen LogP contribution in [0.5, 0.6) is 0 Å². The molecule has 1 rings (SSSR count).